The molecule has 0 amide bonds. The lowest BCUT2D eigenvalue weighted by atomic mass is 9.70. The largest absolute Gasteiger partial charge is 0.330 e. The second-order valence-corrected chi connectivity index (χ2v) is 6.33. The monoisotopic (exact) mass is 297 g/mol. The number of carbonyl (C=O) groups excluding carboxylic acids is 1. The van der Waals surface area contributed by atoms with Crippen molar-refractivity contribution >= 4 is 17.4 Å². The third-order valence-electron chi connectivity index (χ3n) is 4.32. The van der Waals surface area contributed by atoms with Gasteiger partial charge in [0.1, 0.15) is 11.6 Å². The highest BCUT2D eigenvalue weighted by Gasteiger charge is 2.32. The van der Waals surface area contributed by atoms with Crippen LogP contribution in [0.3, 0.4) is 0 Å². The molecule has 1 aromatic rings. The van der Waals surface area contributed by atoms with Gasteiger partial charge in [0.25, 0.3) is 0 Å². The van der Waals surface area contributed by atoms with Crippen LogP contribution < -0.4 is 5.73 Å². The molecule has 0 bridgehead atoms. The van der Waals surface area contributed by atoms with Gasteiger partial charge in [-0.05, 0) is 42.5 Å². The molecule has 0 atom stereocenters. The summed E-state index contributed by atoms with van der Waals surface area (Å²) in [5.74, 6) is -0.338. The summed E-state index contributed by atoms with van der Waals surface area (Å²) in [5.41, 5.74) is 6.25. The first kappa shape index (κ1) is 15.5. The Balaban J connectivity index is 2.00. The minimum Gasteiger partial charge on any atom is -0.330 e. The van der Waals surface area contributed by atoms with Crippen molar-refractivity contribution in [3.05, 3.63) is 34.6 Å². The Morgan fingerprint density at radius 3 is 2.60 bits per heavy atom. The van der Waals surface area contributed by atoms with Crippen LogP contribution in [0.1, 0.15) is 44.1 Å². The van der Waals surface area contributed by atoms with Crippen LogP contribution in [-0.4, -0.2) is 12.3 Å². The van der Waals surface area contributed by atoms with Gasteiger partial charge in [-0.25, -0.2) is 4.39 Å². The molecule has 4 heteroatoms. The van der Waals surface area contributed by atoms with E-state index >= 15 is 0 Å². The first-order valence-corrected chi connectivity index (χ1v) is 7.58. The summed E-state index contributed by atoms with van der Waals surface area (Å²) in [5, 5.41) is 0.351. The number of carbonyl (C=O) groups is 1. The molecule has 1 aliphatic rings. The van der Waals surface area contributed by atoms with E-state index in [0.29, 0.717) is 23.6 Å². The lowest BCUT2D eigenvalue weighted by molar-refractivity contribution is -0.121. The Kier molecular flexibility index (Phi) is 5.17. The number of hydrogen-bond acceptors (Lipinski definition) is 2. The second-order valence-electron chi connectivity index (χ2n) is 5.89. The fourth-order valence-corrected chi connectivity index (χ4v) is 3.27. The van der Waals surface area contributed by atoms with Gasteiger partial charge in [-0.1, -0.05) is 36.9 Å². The maximum Gasteiger partial charge on any atom is 0.137 e. The molecule has 0 spiro atoms. The zero-order valence-electron chi connectivity index (χ0n) is 11.6. The highest BCUT2D eigenvalue weighted by Crippen LogP contribution is 2.38. The molecule has 0 heterocycles. The van der Waals surface area contributed by atoms with Gasteiger partial charge in [-0.3, -0.25) is 4.79 Å². The summed E-state index contributed by atoms with van der Waals surface area (Å²) < 4.78 is 13.7. The number of hydrogen-bond donors (Lipinski definition) is 1. The van der Waals surface area contributed by atoms with Crippen molar-refractivity contribution in [3.8, 4) is 0 Å². The molecular formula is C16H21ClFNO. The van der Waals surface area contributed by atoms with E-state index in [2.05, 4.69) is 0 Å². The normalized spacial score (nSPS) is 17.9. The van der Waals surface area contributed by atoms with E-state index in [1.165, 1.54) is 12.5 Å². The van der Waals surface area contributed by atoms with Crippen LogP contribution >= 0.6 is 11.6 Å². The molecule has 2 nitrogen and oxygen atoms in total. The van der Waals surface area contributed by atoms with Crippen LogP contribution in [0.4, 0.5) is 4.39 Å². The smallest absolute Gasteiger partial charge is 0.137 e. The van der Waals surface area contributed by atoms with E-state index in [0.717, 1.165) is 25.7 Å². The molecule has 1 saturated carbocycles. The lowest BCUT2D eigenvalue weighted by Crippen LogP contribution is -2.35. The Morgan fingerprint density at radius 2 is 2.00 bits per heavy atom. The molecule has 1 aliphatic carbocycles. The Bertz CT molecular complexity index is 483. The second kappa shape index (κ2) is 6.68. The van der Waals surface area contributed by atoms with Crippen LogP contribution in [-0.2, 0) is 11.2 Å². The Labute approximate surface area is 124 Å². The van der Waals surface area contributed by atoms with Crippen molar-refractivity contribution in [2.75, 3.05) is 6.54 Å². The molecule has 2 N–H and O–H groups in total. The maximum absolute atomic E-state index is 13.7. The molecule has 0 saturated heterocycles. The highest BCUT2D eigenvalue weighted by molar-refractivity contribution is 6.30. The molecule has 110 valence electrons. The van der Waals surface area contributed by atoms with E-state index in [1.807, 2.05) is 0 Å². The summed E-state index contributed by atoms with van der Waals surface area (Å²) in [6.45, 7) is 0.543. The van der Waals surface area contributed by atoms with Gasteiger partial charge < -0.3 is 5.73 Å². The summed E-state index contributed by atoms with van der Waals surface area (Å²) in [6.07, 6.45) is 6.12. The van der Waals surface area contributed by atoms with Crippen molar-refractivity contribution in [2.24, 2.45) is 11.1 Å². The zero-order valence-corrected chi connectivity index (χ0v) is 12.4. The van der Waals surface area contributed by atoms with Gasteiger partial charge in [-0.15, -0.1) is 0 Å². The molecule has 0 radical (unpaired) electrons. The summed E-state index contributed by atoms with van der Waals surface area (Å²) in [7, 11) is 0. The zero-order chi connectivity index (χ0) is 14.6. The Hall–Kier alpha value is -0.930. The molecule has 0 aromatic heterocycles. The van der Waals surface area contributed by atoms with Gasteiger partial charge in [0, 0.05) is 17.9 Å². The third-order valence-corrected chi connectivity index (χ3v) is 4.56. The molecule has 20 heavy (non-hydrogen) atoms. The van der Waals surface area contributed by atoms with Crippen molar-refractivity contribution < 1.29 is 9.18 Å². The summed E-state index contributed by atoms with van der Waals surface area (Å²) in [4.78, 5) is 12.2. The number of Topliss-reactive ketones (excluding diaryl/α,β-unsaturated/α-hetero) is 1. The fourth-order valence-electron chi connectivity index (χ4n) is 3.11. The van der Waals surface area contributed by atoms with Crippen LogP contribution in [0.5, 0.6) is 0 Å². The average Bonchev–Trinajstić information content (AvgIpc) is 2.43. The lowest BCUT2D eigenvalue weighted by Gasteiger charge is -2.35. The highest BCUT2D eigenvalue weighted by atomic mass is 35.5. The predicted octanol–water partition coefficient (Wildman–Crippen LogP) is 3.89. The maximum atomic E-state index is 13.7. The van der Waals surface area contributed by atoms with E-state index in [4.69, 9.17) is 17.3 Å². The molecule has 0 unspecified atom stereocenters. The molecule has 1 aromatic carbocycles. The topological polar surface area (TPSA) is 43.1 Å². The first-order chi connectivity index (χ1) is 9.54. The van der Waals surface area contributed by atoms with Crippen LogP contribution in [0, 0.1) is 11.2 Å². The standard InChI is InChI=1S/C16H21ClFNO/c17-13-5-4-12(15(18)9-13)8-14(20)10-16(11-19)6-2-1-3-7-16/h4-5,9H,1-3,6-8,10-11,19H2. The first-order valence-electron chi connectivity index (χ1n) is 7.20. The minimum atomic E-state index is -0.406. The van der Waals surface area contributed by atoms with E-state index in [9.17, 15) is 9.18 Å². The van der Waals surface area contributed by atoms with E-state index in [1.54, 1.807) is 12.1 Å². The van der Waals surface area contributed by atoms with Crippen LogP contribution in [0.15, 0.2) is 18.2 Å². The van der Waals surface area contributed by atoms with Crippen molar-refractivity contribution in [1.82, 2.24) is 0 Å². The molecule has 0 aliphatic heterocycles. The number of nitrogens with two attached hydrogens (primary N) is 1. The van der Waals surface area contributed by atoms with Crippen LogP contribution in [0.25, 0.3) is 0 Å². The van der Waals surface area contributed by atoms with Crippen molar-refractivity contribution in [3.63, 3.8) is 0 Å². The van der Waals surface area contributed by atoms with Gasteiger partial charge >= 0.3 is 0 Å². The van der Waals surface area contributed by atoms with Crippen molar-refractivity contribution in [1.29, 1.82) is 0 Å². The number of halogens is 2. The number of benzene rings is 1. The minimum absolute atomic E-state index is 0.0573. The Morgan fingerprint density at radius 1 is 1.30 bits per heavy atom. The molecule has 2 rings (SSSR count). The van der Waals surface area contributed by atoms with E-state index < -0.39 is 5.82 Å². The SMILES string of the molecule is NCC1(CC(=O)Cc2ccc(Cl)cc2F)CCCCC1. The number of ketones is 1. The molecule has 1 fully saturated rings. The van der Waals surface area contributed by atoms with Gasteiger partial charge in [-0.2, -0.15) is 0 Å². The quantitative estimate of drug-likeness (QED) is 0.896. The van der Waals surface area contributed by atoms with Gasteiger partial charge in [0.15, 0.2) is 0 Å². The van der Waals surface area contributed by atoms with Gasteiger partial charge in [0.2, 0.25) is 0 Å². The van der Waals surface area contributed by atoms with E-state index in [-0.39, 0.29) is 17.6 Å². The van der Waals surface area contributed by atoms with Crippen molar-refractivity contribution in [2.45, 2.75) is 44.9 Å². The molecular weight excluding hydrogens is 277 g/mol. The summed E-state index contributed by atoms with van der Waals surface area (Å²) in [6, 6.07) is 4.46. The third kappa shape index (κ3) is 3.80. The number of rotatable bonds is 5. The van der Waals surface area contributed by atoms with Gasteiger partial charge in [0.05, 0.1) is 0 Å². The average molecular weight is 298 g/mol. The summed E-state index contributed by atoms with van der Waals surface area (Å²) >= 11 is 5.71. The fraction of sp³-hybridized carbons (Fsp3) is 0.562. The van der Waals surface area contributed by atoms with Crippen LogP contribution in [0.2, 0.25) is 5.02 Å². The predicted molar refractivity (Wildman–Crippen MR) is 79.3 cm³/mol.